The minimum atomic E-state index is -1.11. The predicted octanol–water partition coefficient (Wildman–Crippen LogP) is -0.993. The highest BCUT2D eigenvalue weighted by molar-refractivity contribution is 6.27. The van der Waals surface area contributed by atoms with Crippen molar-refractivity contribution in [3.63, 3.8) is 0 Å². The van der Waals surface area contributed by atoms with Crippen LogP contribution < -0.4 is 5.32 Å². The van der Waals surface area contributed by atoms with Crippen molar-refractivity contribution in [2.45, 2.75) is 32.3 Å². The van der Waals surface area contributed by atoms with Crippen molar-refractivity contribution in [1.82, 2.24) is 5.32 Å². The fourth-order valence-electron chi connectivity index (χ4n) is 1.33. The number of rotatable bonds is 11. The molecule has 1 unspecified atom stereocenters. The fourth-order valence-corrected chi connectivity index (χ4v) is 2.50. The van der Waals surface area contributed by atoms with E-state index in [1.165, 1.54) is 14.2 Å². The van der Waals surface area contributed by atoms with Gasteiger partial charge in [-0.15, -0.1) is 0 Å². The fraction of sp³-hybridized carbons (Fsp3) is 0.818. The Balaban J connectivity index is 4.20. The number of carboxylic acids is 1. The molecule has 9 heteroatoms. The first-order chi connectivity index (χ1) is 9.38. The van der Waals surface area contributed by atoms with Gasteiger partial charge in [-0.2, -0.15) is 0 Å². The van der Waals surface area contributed by atoms with Crippen LogP contribution in [0.3, 0.4) is 0 Å². The average Bonchev–Trinajstić information content (AvgIpc) is 2.41. The van der Waals surface area contributed by atoms with Crippen molar-refractivity contribution >= 4 is 21.7 Å². The van der Waals surface area contributed by atoms with Gasteiger partial charge in [0.25, 0.3) is 5.97 Å². The van der Waals surface area contributed by atoms with Crippen LogP contribution in [-0.2, 0) is 28.2 Å². The smallest absolute Gasteiger partial charge is 0.323 e. The van der Waals surface area contributed by atoms with E-state index in [9.17, 15) is 9.59 Å². The minimum Gasteiger partial charge on any atom is -0.481 e. The average molecular weight is 309 g/mol. The van der Waals surface area contributed by atoms with E-state index in [-0.39, 0.29) is 13.0 Å². The lowest BCUT2D eigenvalue weighted by Crippen LogP contribution is -2.44. The maximum Gasteiger partial charge on any atom is 0.323 e. The zero-order valence-electron chi connectivity index (χ0n) is 12.3. The molecule has 0 heterocycles. The minimum absolute atomic E-state index is 0.204. The van der Waals surface area contributed by atoms with Crippen molar-refractivity contribution in [2.75, 3.05) is 27.0 Å². The maximum atomic E-state index is 11.6. The molecule has 0 fully saturated rings. The van der Waals surface area contributed by atoms with Gasteiger partial charge in [0.15, 0.2) is 9.76 Å². The second-order valence-electron chi connectivity index (χ2n) is 3.98. The summed E-state index contributed by atoms with van der Waals surface area (Å²) in [5.74, 6) is -2.76. The normalized spacial score (nSPS) is 13.6. The molecule has 0 saturated carbocycles. The lowest BCUT2D eigenvalue weighted by Gasteiger charge is -2.26. The van der Waals surface area contributed by atoms with Gasteiger partial charge in [-0.05, 0) is 6.92 Å². The number of carbonyl (C=O) groups excluding carboxylic acids is 1. The van der Waals surface area contributed by atoms with Crippen LogP contribution in [0.5, 0.6) is 0 Å². The molecule has 0 aliphatic heterocycles. The number of carboxylic acid groups (broad SMARTS) is 1. The summed E-state index contributed by atoms with van der Waals surface area (Å²) in [5, 5.41) is 11.6. The standard InChI is InChI=1S/C11H23NO7Si/c1-5-18-10(15)8(6-9(13)14)12-7-20-19-11(2,16-3)17-4/h8,12H,5-7,20H2,1-4H3,(H,13,14). The SMILES string of the molecule is CCOC(=O)C(CC(=O)O)NC[SiH2]OC(C)(OC)OC. The summed E-state index contributed by atoms with van der Waals surface area (Å²) in [5.41, 5.74) is 0. The van der Waals surface area contributed by atoms with Crippen LogP contribution >= 0.6 is 0 Å². The molecule has 0 aromatic rings. The van der Waals surface area contributed by atoms with Crippen LogP contribution in [0.1, 0.15) is 20.3 Å². The molecule has 20 heavy (non-hydrogen) atoms. The van der Waals surface area contributed by atoms with Crippen molar-refractivity contribution in [2.24, 2.45) is 0 Å². The summed E-state index contributed by atoms with van der Waals surface area (Å²) in [6.07, 6.45) is 0.0537. The van der Waals surface area contributed by atoms with Gasteiger partial charge < -0.3 is 29.1 Å². The summed E-state index contributed by atoms with van der Waals surface area (Å²) in [6.45, 7) is 3.49. The van der Waals surface area contributed by atoms with Crippen LogP contribution in [0.25, 0.3) is 0 Å². The molecule has 0 aliphatic carbocycles. The van der Waals surface area contributed by atoms with E-state index < -0.39 is 33.7 Å². The van der Waals surface area contributed by atoms with Gasteiger partial charge >= 0.3 is 11.9 Å². The van der Waals surface area contributed by atoms with Gasteiger partial charge in [0.05, 0.1) is 13.0 Å². The van der Waals surface area contributed by atoms with Gasteiger partial charge in [-0.1, -0.05) is 0 Å². The summed E-state index contributed by atoms with van der Waals surface area (Å²) >= 11 is 0. The Morgan fingerprint density at radius 1 is 1.35 bits per heavy atom. The lowest BCUT2D eigenvalue weighted by atomic mass is 10.2. The third-order valence-electron chi connectivity index (χ3n) is 2.55. The molecule has 0 aromatic heterocycles. The molecule has 0 bridgehead atoms. The van der Waals surface area contributed by atoms with Crippen LogP contribution in [0.2, 0.25) is 0 Å². The van der Waals surface area contributed by atoms with Gasteiger partial charge in [0.1, 0.15) is 6.04 Å². The van der Waals surface area contributed by atoms with E-state index >= 15 is 0 Å². The van der Waals surface area contributed by atoms with Gasteiger partial charge in [0, 0.05) is 27.3 Å². The van der Waals surface area contributed by atoms with E-state index in [2.05, 4.69) is 5.32 Å². The molecule has 1 atom stereocenters. The molecular weight excluding hydrogens is 286 g/mol. The molecule has 0 amide bonds. The van der Waals surface area contributed by atoms with Gasteiger partial charge in [0.2, 0.25) is 0 Å². The number of carbonyl (C=O) groups is 2. The topological polar surface area (TPSA) is 103 Å². The molecule has 0 saturated heterocycles. The predicted molar refractivity (Wildman–Crippen MR) is 72.7 cm³/mol. The number of aliphatic carboxylic acids is 1. The Hall–Kier alpha value is -1.00. The van der Waals surface area contributed by atoms with Crippen LogP contribution in [0.15, 0.2) is 0 Å². The molecule has 8 nitrogen and oxygen atoms in total. The monoisotopic (exact) mass is 309 g/mol. The van der Waals surface area contributed by atoms with Crippen molar-refractivity contribution < 1.29 is 33.3 Å². The largest absolute Gasteiger partial charge is 0.481 e. The number of hydrogen-bond acceptors (Lipinski definition) is 7. The van der Waals surface area contributed by atoms with Crippen molar-refractivity contribution in [3.05, 3.63) is 0 Å². The Morgan fingerprint density at radius 2 is 1.95 bits per heavy atom. The number of ether oxygens (including phenoxy) is 3. The number of esters is 1. The van der Waals surface area contributed by atoms with E-state index in [1.807, 2.05) is 0 Å². The summed E-state index contributed by atoms with van der Waals surface area (Å²) < 4.78 is 20.3. The number of methoxy groups -OCH3 is 2. The lowest BCUT2D eigenvalue weighted by molar-refractivity contribution is -0.310. The molecule has 118 valence electrons. The first-order valence-electron chi connectivity index (χ1n) is 6.24. The molecule has 2 N–H and O–H groups in total. The first kappa shape index (κ1) is 19.0. The van der Waals surface area contributed by atoms with Crippen LogP contribution in [0, 0.1) is 0 Å². The Labute approximate surface area is 120 Å². The Kier molecular flexibility index (Phi) is 9.34. The zero-order valence-corrected chi connectivity index (χ0v) is 13.7. The molecule has 0 aliphatic rings. The molecule has 0 aromatic carbocycles. The molecule has 0 radical (unpaired) electrons. The van der Waals surface area contributed by atoms with Crippen molar-refractivity contribution in [3.8, 4) is 0 Å². The summed E-state index contributed by atoms with van der Waals surface area (Å²) in [6, 6.07) is -0.875. The van der Waals surface area contributed by atoms with E-state index in [4.69, 9.17) is 23.7 Å². The second-order valence-corrected chi connectivity index (χ2v) is 5.17. The Morgan fingerprint density at radius 3 is 2.40 bits per heavy atom. The highest BCUT2D eigenvalue weighted by atomic mass is 28.2. The highest BCUT2D eigenvalue weighted by Crippen LogP contribution is 2.09. The van der Waals surface area contributed by atoms with Crippen LogP contribution in [-0.4, -0.2) is 65.8 Å². The molecule has 0 rings (SSSR count). The quantitative estimate of drug-likeness (QED) is 0.217. The molecular formula is C11H23NO7Si. The summed E-state index contributed by atoms with van der Waals surface area (Å²) in [4.78, 5) is 22.3. The molecule has 0 spiro atoms. The first-order valence-corrected chi connectivity index (χ1v) is 7.82. The summed E-state index contributed by atoms with van der Waals surface area (Å²) in [7, 11) is 1.81. The highest BCUT2D eigenvalue weighted by Gasteiger charge is 2.25. The van der Waals surface area contributed by atoms with E-state index in [0.717, 1.165) is 0 Å². The second kappa shape index (κ2) is 9.83. The van der Waals surface area contributed by atoms with Gasteiger partial charge in [-0.3, -0.25) is 9.59 Å². The van der Waals surface area contributed by atoms with E-state index in [1.54, 1.807) is 13.8 Å². The maximum absolute atomic E-state index is 11.6. The third kappa shape index (κ3) is 7.55. The van der Waals surface area contributed by atoms with Crippen LogP contribution in [0.4, 0.5) is 0 Å². The third-order valence-corrected chi connectivity index (χ3v) is 3.77. The van der Waals surface area contributed by atoms with E-state index in [0.29, 0.717) is 6.17 Å². The Bertz CT molecular complexity index is 309. The zero-order chi connectivity index (χ0) is 15.6. The van der Waals surface area contributed by atoms with Gasteiger partial charge in [-0.25, -0.2) is 0 Å². The van der Waals surface area contributed by atoms with Crippen molar-refractivity contribution in [1.29, 1.82) is 0 Å². The number of nitrogens with one attached hydrogen (secondary N) is 1. The number of hydrogen-bond donors (Lipinski definition) is 2.